The van der Waals surface area contributed by atoms with Crippen LogP contribution in [0.15, 0.2) is 54.0 Å². The Hall–Kier alpha value is -3.19. The Morgan fingerprint density at radius 2 is 1.88 bits per heavy atom. The molecule has 1 aliphatic rings. The summed E-state index contributed by atoms with van der Waals surface area (Å²) in [6.07, 6.45) is 2.24. The van der Waals surface area contributed by atoms with Gasteiger partial charge in [-0.3, -0.25) is 5.84 Å². The van der Waals surface area contributed by atoms with Crippen LogP contribution >= 0.6 is 0 Å². The molecule has 0 aliphatic carbocycles. The van der Waals surface area contributed by atoms with Gasteiger partial charge in [-0.2, -0.15) is 0 Å². The van der Waals surface area contributed by atoms with E-state index in [0.29, 0.717) is 5.75 Å². The number of fused-ring (bicyclic) bond motifs is 1. The number of aryl methyl sites for hydroxylation is 1. The molecule has 6 N–H and O–H groups in total. The molecule has 7 heteroatoms. The van der Waals surface area contributed by atoms with Gasteiger partial charge in [-0.25, -0.2) is 4.79 Å². The summed E-state index contributed by atoms with van der Waals surface area (Å²) in [5, 5.41) is 8.97. The molecule has 7 nitrogen and oxygen atoms in total. The van der Waals surface area contributed by atoms with Gasteiger partial charge in [0, 0.05) is 19.3 Å². The Labute approximate surface area is 151 Å². The molecule has 2 aromatic carbocycles. The number of carboxylic acids is 1. The zero-order chi connectivity index (χ0) is 18.7. The molecular formula is C19H22N4O3. The maximum atomic E-state index is 11.0. The number of aliphatic carboxylic acids is 1. The van der Waals surface area contributed by atoms with E-state index in [9.17, 15) is 4.79 Å². The van der Waals surface area contributed by atoms with Crippen LogP contribution < -0.4 is 26.6 Å². The lowest BCUT2D eigenvalue weighted by atomic mass is 9.96. The zero-order valence-electron chi connectivity index (χ0n) is 14.5. The van der Waals surface area contributed by atoms with Gasteiger partial charge in [0.2, 0.25) is 5.88 Å². The third-order valence-corrected chi connectivity index (χ3v) is 4.45. The molecule has 0 bridgehead atoms. The number of benzene rings is 2. The van der Waals surface area contributed by atoms with Gasteiger partial charge in [0.25, 0.3) is 0 Å². The number of rotatable bonds is 5. The second-order valence-electron chi connectivity index (χ2n) is 6.18. The second-order valence-corrected chi connectivity index (χ2v) is 6.18. The molecule has 0 aromatic heterocycles. The number of hydrogen-bond acceptors (Lipinski definition) is 6. The first-order valence-corrected chi connectivity index (χ1v) is 8.31. The largest absolute Gasteiger partial charge is 0.476 e. The van der Waals surface area contributed by atoms with E-state index in [0.717, 1.165) is 30.5 Å². The maximum Gasteiger partial charge on any atom is 0.358 e. The van der Waals surface area contributed by atoms with Crippen LogP contribution in [-0.4, -0.2) is 24.7 Å². The highest BCUT2D eigenvalue weighted by Crippen LogP contribution is 2.31. The topological polar surface area (TPSA) is 114 Å². The summed E-state index contributed by atoms with van der Waals surface area (Å²) < 4.78 is 5.35. The number of nitrogens with two attached hydrogens (primary N) is 2. The minimum absolute atomic E-state index is 0.301. The summed E-state index contributed by atoms with van der Waals surface area (Å²) in [6, 6.07) is 13.8. The first kappa shape index (κ1) is 17.6. The molecule has 1 aliphatic heterocycles. The standard InChI is InChI=1S/C19H22N4O3/c1-23-10-2-3-14-11-13(6-9-16(14)23)12-4-7-15(8-5-12)26-18(20)17(22-21)19(24)25/h4-9,11,22H,2-3,10,20-21H2,1H3,(H,24,25)/b18-17+. The van der Waals surface area contributed by atoms with E-state index >= 15 is 0 Å². The molecule has 136 valence electrons. The van der Waals surface area contributed by atoms with Crippen molar-refractivity contribution in [2.24, 2.45) is 11.6 Å². The van der Waals surface area contributed by atoms with Gasteiger partial charge in [0.1, 0.15) is 5.75 Å². The fourth-order valence-electron chi connectivity index (χ4n) is 3.10. The molecule has 0 saturated heterocycles. The summed E-state index contributed by atoms with van der Waals surface area (Å²) in [7, 11) is 2.11. The Kier molecular flexibility index (Phi) is 4.99. The number of hydrogen-bond donors (Lipinski definition) is 4. The van der Waals surface area contributed by atoms with Crippen molar-refractivity contribution < 1.29 is 14.6 Å². The summed E-state index contributed by atoms with van der Waals surface area (Å²) in [5.41, 5.74) is 12.1. The lowest BCUT2D eigenvalue weighted by Gasteiger charge is -2.27. The molecule has 0 spiro atoms. The van der Waals surface area contributed by atoms with Crippen molar-refractivity contribution in [3.63, 3.8) is 0 Å². The van der Waals surface area contributed by atoms with Crippen molar-refractivity contribution in [1.82, 2.24) is 5.43 Å². The molecule has 3 rings (SSSR count). The number of anilines is 1. The molecule has 26 heavy (non-hydrogen) atoms. The zero-order valence-corrected chi connectivity index (χ0v) is 14.5. The summed E-state index contributed by atoms with van der Waals surface area (Å²) in [6.45, 7) is 1.09. The highest BCUT2D eigenvalue weighted by Gasteiger charge is 2.15. The minimum atomic E-state index is -1.29. The Morgan fingerprint density at radius 3 is 2.54 bits per heavy atom. The van der Waals surface area contributed by atoms with Gasteiger partial charge in [-0.15, -0.1) is 0 Å². The predicted molar refractivity (Wildman–Crippen MR) is 100 cm³/mol. The second kappa shape index (κ2) is 7.37. The highest BCUT2D eigenvalue weighted by molar-refractivity contribution is 5.86. The van der Waals surface area contributed by atoms with Crippen LogP contribution in [0.25, 0.3) is 11.1 Å². The van der Waals surface area contributed by atoms with E-state index in [-0.39, 0.29) is 5.88 Å². The highest BCUT2D eigenvalue weighted by atomic mass is 16.5. The first-order chi connectivity index (χ1) is 12.5. The molecule has 0 amide bonds. The lowest BCUT2D eigenvalue weighted by molar-refractivity contribution is -0.133. The molecule has 1 heterocycles. The molecule has 0 saturated carbocycles. The Balaban J connectivity index is 1.81. The van der Waals surface area contributed by atoms with Crippen molar-refractivity contribution in [3.8, 4) is 16.9 Å². The van der Waals surface area contributed by atoms with Crippen LogP contribution in [0, 0.1) is 0 Å². The third kappa shape index (κ3) is 3.57. The van der Waals surface area contributed by atoms with E-state index < -0.39 is 11.7 Å². The number of hydrazine groups is 1. The van der Waals surface area contributed by atoms with Crippen LogP contribution in [0.5, 0.6) is 5.75 Å². The maximum absolute atomic E-state index is 11.0. The lowest BCUT2D eigenvalue weighted by Crippen LogP contribution is -2.31. The average molecular weight is 354 g/mol. The van der Waals surface area contributed by atoms with Gasteiger partial charge in [-0.05, 0) is 53.8 Å². The van der Waals surface area contributed by atoms with Crippen LogP contribution in [0.4, 0.5) is 5.69 Å². The van der Waals surface area contributed by atoms with Gasteiger partial charge in [0.15, 0.2) is 5.70 Å². The number of carboxylic acid groups (broad SMARTS) is 1. The van der Waals surface area contributed by atoms with E-state index in [1.807, 2.05) is 17.6 Å². The van der Waals surface area contributed by atoms with Crippen molar-refractivity contribution in [2.45, 2.75) is 12.8 Å². The van der Waals surface area contributed by atoms with E-state index in [1.54, 1.807) is 12.1 Å². The molecule has 0 unspecified atom stereocenters. The predicted octanol–water partition coefficient (Wildman–Crippen LogP) is 1.79. The van der Waals surface area contributed by atoms with Gasteiger partial charge >= 0.3 is 5.97 Å². The van der Waals surface area contributed by atoms with Crippen LogP contribution in [0.1, 0.15) is 12.0 Å². The van der Waals surface area contributed by atoms with Gasteiger partial charge in [-0.1, -0.05) is 18.2 Å². The molecule has 0 fully saturated rings. The van der Waals surface area contributed by atoms with E-state index in [2.05, 4.69) is 30.1 Å². The normalized spacial score (nSPS) is 14.3. The number of carbonyl (C=O) groups is 1. The summed E-state index contributed by atoms with van der Waals surface area (Å²) in [4.78, 5) is 13.3. The van der Waals surface area contributed by atoms with Gasteiger partial charge in [0.05, 0.1) is 0 Å². The fourth-order valence-corrected chi connectivity index (χ4v) is 3.10. The molecule has 2 aromatic rings. The van der Waals surface area contributed by atoms with E-state index in [4.69, 9.17) is 21.4 Å². The van der Waals surface area contributed by atoms with Crippen molar-refractivity contribution in [2.75, 3.05) is 18.5 Å². The number of nitrogens with zero attached hydrogens (tertiary/aromatic N) is 1. The molecule has 0 atom stereocenters. The van der Waals surface area contributed by atoms with Crippen molar-refractivity contribution in [1.29, 1.82) is 0 Å². The monoisotopic (exact) mass is 354 g/mol. The van der Waals surface area contributed by atoms with Crippen molar-refractivity contribution >= 4 is 11.7 Å². The Morgan fingerprint density at radius 1 is 1.19 bits per heavy atom. The average Bonchev–Trinajstić information content (AvgIpc) is 2.62. The third-order valence-electron chi connectivity index (χ3n) is 4.45. The quantitative estimate of drug-likeness (QED) is 0.280. The smallest absolute Gasteiger partial charge is 0.358 e. The van der Waals surface area contributed by atoms with Crippen LogP contribution in [-0.2, 0) is 11.2 Å². The van der Waals surface area contributed by atoms with Crippen LogP contribution in [0.2, 0.25) is 0 Å². The van der Waals surface area contributed by atoms with E-state index in [1.165, 1.54) is 11.3 Å². The van der Waals surface area contributed by atoms with Gasteiger partial charge < -0.3 is 25.9 Å². The number of ether oxygens (including phenoxy) is 1. The Bertz CT molecular complexity index is 846. The molecular weight excluding hydrogens is 332 g/mol. The first-order valence-electron chi connectivity index (χ1n) is 8.31. The summed E-state index contributed by atoms with van der Waals surface area (Å²) >= 11 is 0. The number of nitrogens with one attached hydrogen (secondary N) is 1. The van der Waals surface area contributed by atoms with Crippen LogP contribution in [0.3, 0.4) is 0 Å². The fraction of sp³-hybridized carbons (Fsp3) is 0.211. The SMILES string of the molecule is CN1CCCc2cc(-c3ccc(O/C(N)=C(/NN)C(=O)O)cc3)ccc21. The molecule has 0 radical (unpaired) electrons. The summed E-state index contributed by atoms with van der Waals surface area (Å²) in [5.74, 6) is 3.98. The van der Waals surface area contributed by atoms with Crippen molar-refractivity contribution in [3.05, 3.63) is 59.6 Å². The minimum Gasteiger partial charge on any atom is -0.476 e.